The Bertz CT molecular complexity index is 298. The summed E-state index contributed by atoms with van der Waals surface area (Å²) >= 11 is 1.64. The average molecular weight is 194 g/mol. The van der Waals surface area contributed by atoms with E-state index in [1.807, 2.05) is 0 Å². The summed E-state index contributed by atoms with van der Waals surface area (Å²) in [6, 6.07) is 0.306. The fraction of sp³-hybridized carbons (Fsp3) is 0.500. The molecule has 0 aromatic carbocycles. The molecule has 2 nitrogen and oxygen atoms in total. The van der Waals surface area contributed by atoms with E-state index in [1.54, 1.807) is 11.3 Å². The molecule has 1 aromatic heterocycles. The lowest BCUT2D eigenvalue weighted by atomic mass is 10.2. The zero-order valence-corrected chi connectivity index (χ0v) is 8.82. The molecule has 0 aliphatic rings. The van der Waals surface area contributed by atoms with Crippen LogP contribution in [-0.4, -0.2) is 11.0 Å². The molecular formula is C10H14N2S. The Kier molecular flexibility index (Phi) is 3.78. The molecule has 0 amide bonds. The van der Waals surface area contributed by atoms with Crippen molar-refractivity contribution in [1.82, 2.24) is 4.98 Å². The first kappa shape index (κ1) is 10.1. The maximum Gasteiger partial charge on any atom is 0.183 e. The highest BCUT2D eigenvalue weighted by Crippen LogP contribution is 2.16. The third kappa shape index (κ3) is 3.08. The monoisotopic (exact) mass is 194 g/mol. The summed E-state index contributed by atoms with van der Waals surface area (Å²) in [7, 11) is 0. The molecule has 0 aliphatic carbocycles. The van der Waals surface area contributed by atoms with Crippen LogP contribution >= 0.6 is 11.3 Å². The maximum absolute atomic E-state index is 5.21. The van der Waals surface area contributed by atoms with Gasteiger partial charge in [-0.3, -0.25) is 0 Å². The van der Waals surface area contributed by atoms with Gasteiger partial charge in [0.15, 0.2) is 5.13 Å². The molecule has 0 radical (unpaired) electrons. The van der Waals surface area contributed by atoms with Crippen LogP contribution < -0.4 is 5.32 Å². The molecule has 1 N–H and O–H groups in total. The number of aryl methyl sites for hydroxylation is 1. The number of hydrogen-bond donors (Lipinski definition) is 1. The highest BCUT2D eigenvalue weighted by molar-refractivity contribution is 7.13. The highest BCUT2D eigenvalue weighted by Gasteiger charge is 2.03. The van der Waals surface area contributed by atoms with Crippen molar-refractivity contribution in [2.24, 2.45) is 0 Å². The van der Waals surface area contributed by atoms with Crippen molar-refractivity contribution >= 4 is 16.5 Å². The first-order valence-electron chi connectivity index (χ1n) is 4.40. The van der Waals surface area contributed by atoms with Crippen LogP contribution in [0.2, 0.25) is 0 Å². The molecule has 1 atom stereocenters. The third-order valence-electron chi connectivity index (χ3n) is 1.71. The summed E-state index contributed by atoms with van der Waals surface area (Å²) in [5, 5.41) is 6.31. The molecule has 0 saturated carbocycles. The van der Waals surface area contributed by atoms with Crippen LogP contribution in [0.15, 0.2) is 5.38 Å². The van der Waals surface area contributed by atoms with Gasteiger partial charge in [0.05, 0.1) is 5.69 Å². The molecule has 0 fully saturated rings. The number of nitrogens with zero attached hydrogens (tertiary/aromatic N) is 1. The Balaban J connectivity index is 2.49. The van der Waals surface area contributed by atoms with E-state index in [0.29, 0.717) is 6.04 Å². The van der Waals surface area contributed by atoms with Crippen LogP contribution in [0.3, 0.4) is 0 Å². The smallest absolute Gasteiger partial charge is 0.183 e. The van der Waals surface area contributed by atoms with Crippen LogP contribution in [0.4, 0.5) is 5.13 Å². The van der Waals surface area contributed by atoms with Gasteiger partial charge in [-0.1, -0.05) is 6.92 Å². The largest absolute Gasteiger partial charge is 0.358 e. The van der Waals surface area contributed by atoms with E-state index in [0.717, 1.165) is 23.7 Å². The normalized spacial score (nSPS) is 12.1. The zero-order chi connectivity index (χ0) is 9.68. The second kappa shape index (κ2) is 4.88. The average Bonchev–Trinajstić information content (AvgIpc) is 2.52. The molecular weight excluding hydrogens is 180 g/mol. The number of nitrogens with one attached hydrogen (secondary N) is 1. The first-order chi connectivity index (χ1) is 6.26. The fourth-order valence-corrected chi connectivity index (χ4v) is 1.88. The van der Waals surface area contributed by atoms with Gasteiger partial charge in [-0.25, -0.2) is 4.98 Å². The molecule has 1 rings (SSSR count). The van der Waals surface area contributed by atoms with Crippen molar-refractivity contribution < 1.29 is 0 Å². The molecule has 0 aliphatic heterocycles. The quantitative estimate of drug-likeness (QED) is 0.745. The summed E-state index contributed by atoms with van der Waals surface area (Å²) < 4.78 is 0. The van der Waals surface area contributed by atoms with Crippen molar-refractivity contribution in [3.05, 3.63) is 11.1 Å². The van der Waals surface area contributed by atoms with Gasteiger partial charge < -0.3 is 5.32 Å². The van der Waals surface area contributed by atoms with Crippen molar-refractivity contribution in [1.29, 1.82) is 0 Å². The lowest BCUT2D eigenvalue weighted by Gasteiger charge is -2.08. The molecule has 1 aromatic rings. The van der Waals surface area contributed by atoms with E-state index in [4.69, 9.17) is 6.42 Å². The zero-order valence-electron chi connectivity index (χ0n) is 8.00. The molecule has 1 unspecified atom stereocenters. The molecule has 0 bridgehead atoms. The van der Waals surface area contributed by atoms with E-state index in [2.05, 4.69) is 35.4 Å². The second-order valence-electron chi connectivity index (χ2n) is 2.95. The summed E-state index contributed by atoms with van der Waals surface area (Å²) in [6.07, 6.45) is 6.93. The van der Waals surface area contributed by atoms with Gasteiger partial charge >= 0.3 is 0 Å². The summed E-state index contributed by atoms with van der Waals surface area (Å²) in [5.74, 6) is 2.62. The fourth-order valence-electron chi connectivity index (χ4n) is 0.974. The highest BCUT2D eigenvalue weighted by atomic mass is 32.1. The third-order valence-corrected chi connectivity index (χ3v) is 2.53. The van der Waals surface area contributed by atoms with E-state index in [1.165, 1.54) is 0 Å². The molecule has 1 heterocycles. The topological polar surface area (TPSA) is 24.9 Å². The minimum Gasteiger partial charge on any atom is -0.358 e. The molecule has 0 saturated heterocycles. The predicted octanol–water partition coefficient (Wildman–Crippen LogP) is 2.53. The van der Waals surface area contributed by atoms with Gasteiger partial charge in [-0.15, -0.1) is 23.7 Å². The van der Waals surface area contributed by atoms with Gasteiger partial charge in [0, 0.05) is 17.8 Å². The van der Waals surface area contributed by atoms with Gasteiger partial charge in [0.1, 0.15) is 0 Å². The van der Waals surface area contributed by atoms with Gasteiger partial charge in [-0.05, 0) is 13.3 Å². The number of rotatable bonds is 4. The van der Waals surface area contributed by atoms with E-state index < -0.39 is 0 Å². The van der Waals surface area contributed by atoms with Gasteiger partial charge in [0.2, 0.25) is 0 Å². The SMILES string of the molecule is C#CCC(C)Nc1nc(CC)cs1. The van der Waals surface area contributed by atoms with Crippen LogP contribution in [-0.2, 0) is 6.42 Å². The van der Waals surface area contributed by atoms with Crippen molar-refractivity contribution in [3.8, 4) is 12.3 Å². The van der Waals surface area contributed by atoms with Crippen molar-refractivity contribution in [3.63, 3.8) is 0 Å². The Morgan fingerprint density at radius 1 is 1.77 bits per heavy atom. The second-order valence-corrected chi connectivity index (χ2v) is 3.81. The Morgan fingerprint density at radius 2 is 2.54 bits per heavy atom. The Labute approximate surface area is 83.4 Å². The predicted molar refractivity (Wildman–Crippen MR) is 58.0 cm³/mol. The Hall–Kier alpha value is -1.01. The summed E-state index contributed by atoms with van der Waals surface area (Å²) in [6.45, 7) is 4.16. The number of aromatic nitrogens is 1. The van der Waals surface area contributed by atoms with Crippen LogP contribution in [0, 0.1) is 12.3 Å². The van der Waals surface area contributed by atoms with E-state index in [-0.39, 0.29) is 0 Å². The van der Waals surface area contributed by atoms with E-state index >= 15 is 0 Å². The van der Waals surface area contributed by atoms with Crippen molar-refractivity contribution in [2.45, 2.75) is 32.7 Å². The molecule has 3 heteroatoms. The minimum absolute atomic E-state index is 0.306. The lowest BCUT2D eigenvalue weighted by Crippen LogP contribution is -2.13. The van der Waals surface area contributed by atoms with Gasteiger partial charge in [0.25, 0.3) is 0 Å². The number of hydrogen-bond acceptors (Lipinski definition) is 3. The molecule has 70 valence electrons. The minimum atomic E-state index is 0.306. The van der Waals surface area contributed by atoms with Crippen molar-refractivity contribution in [2.75, 3.05) is 5.32 Å². The van der Waals surface area contributed by atoms with Crippen LogP contribution in [0.5, 0.6) is 0 Å². The standard InChI is InChI=1S/C10H14N2S/c1-4-6-8(3)11-10-12-9(5-2)7-13-10/h1,7-8H,5-6H2,2-3H3,(H,11,12). The van der Waals surface area contributed by atoms with Gasteiger partial charge in [-0.2, -0.15) is 0 Å². The maximum atomic E-state index is 5.21. The lowest BCUT2D eigenvalue weighted by molar-refractivity contribution is 0.825. The molecule has 13 heavy (non-hydrogen) atoms. The first-order valence-corrected chi connectivity index (χ1v) is 5.28. The Morgan fingerprint density at radius 3 is 3.08 bits per heavy atom. The summed E-state index contributed by atoms with van der Waals surface area (Å²) in [4.78, 5) is 4.39. The molecule has 0 spiro atoms. The van der Waals surface area contributed by atoms with E-state index in [9.17, 15) is 0 Å². The number of anilines is 1. The summed E-state index contributed by atoms with van der Waals surface area (Å²) in [5.41, 5.74) is 1.14. The van der Waals surface area contributed by atoms with Crippen LogP contribution in [0.1, 0.15) is 26.0 Å². The number of terminal acetylenes is 1. The number of thiazole rings is 1. The van der Waals surface area contributed by atoms with Crippen LogP contribution in [0.25, 0.3) is 0 Å².